The summed E-state index contributed by atoms with van der Waals surface area (Å²) in [5.41, 5.74) is 0. The maximum atomic E-state index is 10.5. The van der Waals surface area contributed by atoms with Crippen molar-refractivity contribution in [3.63, 3.8) is 0 Å². The average Bonchev–Trinajstić information content (AvgIpc) is 1.88. The number of nitrogens with zero attached hydrogens (tertiary/aromatic N) is 1. The molecule has 0 atom stereocenters. The van der Waals surface area contributed by atoms with Crippen LogP contribution >= 0.6 is 0 Å². The molecule has 0 aromatic carbocycles. The van der Waals surface area contributed by atoms with E-state index in [-0.39, 0.29) is 13.0 Å². The first-order valence-corrected chi connectivity index (χ1v) is 2.80. The van der Waals surface area contributed by atoms with Crippen molar-refractivity contribution < 1.29 is 14.3 Å². The van der Waals surface area contributed by atoms with Crippen LogP contribution in [0, 0.1) is 6.57 Å². The van der Waals surface area contributed by atoms with Crippen LogP contribution < -0.4 is 0 Å². The third-order valence-electron chi connectivity index (χ3n) is 0.745. The normalized spacial score (nSPS) is 8.00. The van der Waals surface area contributed by atoms with E-state index in [0.29, 0.717) is 0 Å². The summed E-state index contributed by atoms with van der Waals surface area (Å²) in [6.07, 6.45) is -0.371. The summed E-state index contributed by atoms with van der Waals surface area (Å²) in [6, 6.07) is 0. The Morgan fingerprint density at radius 1 is 1.60 bits per heavy atom. The lowest BCUT2D eigenvalue weighted by Gasteiger charge is -1.92. The number of amides is 1. The first kappa shape index (κ1) is 8.63. The predicted molar refractivity (Wildman–Crippen MR) is 34.6 cm³/mol. The molecule has 1 amide bonds. The van der Waals surface area contributed by atoms with Crippen molar-refractivity contribution >= 4 is 11.9 Å². The molecule has 0 heterocycles. The van der Waals surface area contributed by atoms with Gasteiger partial charge in [-0.05, 0) is 6.92 Å². The minimum atomic E-state index is -0.668. The van der Waals surface area contributed by atoms with Crippen LogP contribution in [0.1, 0.15) is 13.3 Å². The zero-order chi connectivity index (χ0) is 7.98. The van der Waals surface area contributed by atoms with Crippen LogP contribution in [-0.2, 0) is 14.3 Å². The van der Waals surface area contributed by atoms with Crippen LogP contribution in [0.4, 0.5) is 0 Å². The molecule has 0 aromatic heterocycles. The molecule has 0 saturated carbocycles. The molecule has 0 N–H and O–H groups in total. The Labute approximate surface area is 58.6 Å². The summed E-state index contributed by atoms with van der Waals surface area (Å²) in [5.74, 6) is -1.26. The van der Waals surface area contributed by atoms with Crippen LogP contribution in [-0.4, -0.2) is 18.5 Å². The van der Waals surface area contributed by atoms with Crippen LogP contribution in [0.15, 0.2) is 0 Å². The van der Waals surface area contributed by atoms with Gasteiger partial charge in [-0.3, -0.25) is 4.79 Å². The highest BCUT2D eigenvalue weighted by atomic mass is 16.5. The van der Waals surface area contributed by atoms with Crippen molar-refractivity contribution in [1.82, 2.24) is 0 Å². The number of carbonyl (C=O) groups is 2. The van der Waals surface area contributed by atoms with Gasteiger partial charge in [-0.1, -0.05) is 0 Å². The van der Waals surface area contributed by atoms with Crippen LogP contribution in [0.5, 0.6) is 0 Å². The Bertz CT molecular complexity index is 180. The van der Waals surface area contributed by atoms with Gasteiger partial charge in [0.05, 0.1) is 6.61 Å². The fourth-order valence-electron chi connectivity index (χ4n) is 0.381. The van der Waals surface area contributed by atoms with Gasteiger partial charge in [0.2, 0.25) is 0 Å². The Balaban J connectivity index is 3.60. The lowest BCUT2D eigenvalue weighted by atomic mass is 10.4. The zero-order valence-electron chi connectivity index (χ0n) is 5.66. The summed E-state index contributed by atoms with van der Waals surface area (Å²) in [5, 5.41) is 0. The van der Waals surface area contributed by atoms with Gasteiger partial charge in [-0.15, -0.1) is 0 Å². The molecule has 0 aliphatic heterocycles. The second-order valence-electron chi connectivity index (χ2n) is 1.50. The van der Waals surface area contributed by atoms with Gasteiger partial charge in [0.1, 0.15) is 0 Å². The van der Waals surface area contributed by atoms with E-state index < -0.39 is 11.9 Å². The van der Waals surface area contributed by atoms with Crippen LogP contribution in [0.3, 0.4) is 0 Å². The number of carbonyl (C=O) groups excluding carboxylic acids is 2. The van der Waals surface area contributed by atoms with E-state index in [1.165, 1.54) is 0 Å². The van der Waals surface area contributed by atoms with Crippen LogP contribution in [0.25, 0.3) is 4.85 Å². The molecule has 0 saturated heterocycles. The van der Waals surface area contributed by atoms with Crippen molar-refractivity contribution in [3.05, 3.63) is 4.85 Å². The molecule has 0 aromatic rings. The molecule has 0 fully saturated rings. The predicted octanol–water partition coefficient (Wildman–Crippen LogP) is 0.429. The SMILES string of the molecule is C#[N+]C(=O)CC(=O)OCC. The van der Waals surface area contributed by atoms with Gasteiger partial charge in [0.15, 0.2) is 6.42 Å². The largest absolute Gasteiger partial charge is 0.525 e. The van der Waals surface area contributed by atoms with Crippen molar-refractivity contribution in [3.8, 4) is 6.57 Å². The second kappa shape index (κ2) is 4.50. The van der Waals surface area contributed by atoms with Gasteiger partial charge >= 0.3 is 11.9 Å². The summed E-state index contributed by atoms with van der Waals surface area (Å²) in [4.78, 5) is 23.5. The van der Waals surface area contributed by atoms with E-state index in [0.717, 1.165) is 0 Å². The average molecular weight is 142 g/mol. The monoisotopic (exact) mass is 142 g/mol. The first-order chi connectivity index (χ1) is 4.70. The topological polar surface area (TPSA) is 47.7 Å². The van der Waals surface area contributed by atoms with Crippen molar-refractivity contribution in [2.75, 3.05) is 6.61 Å². The molecular formula is C6H8NO3+. The minimum Gasteiger partial charge on any atom is -0.465 e. The molecule has 4 heteroatoms. The fraction of sp³-hybridized carbons (Fsp3) is 0.500. The molecule has 0 rings (SSSR count). The zero-order valence-corrected chi connectivity index (χ0v) is 5.66. The van der Waals surface area contributed by atoms with Gasteiger partial charge < -0.3 is 4.74 Å². The lowest BCUT2D eigenvalue weighted by Crippen LogP contribution is -2.07. The number of ether oxygens (including phenoxy) is 1. The number of hydrogen-bond acceptors (Lipinski definition) is 3. The Morgan fingerprint density at radius 2 is 2.20 bits per heavy atom. The molecule has 54 valence electrons. The summed E-state index contributed by atoms with van der Waals surface area (Å²) in [6.45, 7) is 6.50. The van der Waals surface area contributed by atoms with E-state index >= 15 is 0 Å². The van der Waals surface area contributed by atoms with Crippen molar-refractivity contribution in [2.24, 2.45) is 0 Å². The number of hydrogen-bond donors (Lipinski definition) is 0. The van der Waals surface area contributed by atoms with E-state index in [9.17, 15) is 9.59 Å². The van der Waals surface area contributed by atoms with Gasteiger partial charge in [-0.2, -0.15) is 4.79 Å². The highest BCUT2D eigenvalue weighted by Gasteiger charge is 2.16. The Morgan fingerprint density at radius 3 is 2.60 bits per heavy atom. The summed E-state index contributed by atoms with van der Waals surface area (Å²) in [7, 11) is 0. The summed E-state index contributed by atoms with van der Waals surface area (Å²) >= 11 is 0. The molecule has 0 aliphatic carbocycles. The first-order valence-electron chi connectivity index (χ1n) is 2.80. The molecular weight excluding hydrogens is 134 g/mol. The van der Waals surface area contributed by atoms with Crippen molar-refractivity contribution in [2.45, 2.75) is 13.3 Å². The van der Waals surface area contributed by atoms with Crippen LogP contribution in [0.2, 0.25) is 0 Å². The maximum absolute atomic E-state index is 10.5. The Kier molecular flexibility index (Phi) is 3.89. The molecule has 4 nitrogen and oxygen atoms in total. The third kappa shape index (κ3) is 3.61. The van der Waals surface area contributed by atoms with E-state index in [1.54, 1.807) is 6.92 Å². The third-order valence-corrected chi connectivity index (χ3v) is 0.745. The second-order valence-corrected chi connectivity index (χ2v) is 1.50. The number of rotatable bonds is 3. The standard InChI is InChI=1S/C6H8NO3/c1-3-10-6(9)4-5(8)7-2/h2H,3-4H2,1H3/q+1. The molecule has 0 radical (unpaired) electrons. The molecule has 0 spiro atoms. The van der Waals surface area contributed by atoms with Gasteiger partial charge in [0.25, 0.3) is 6.57 Å². The highest BCUT2D eigenvalue weighted by molar-refractivity contribution is 5.99. The van der Waals surface area contributed by atoms with Gasteiger partial charge in [-0.25, -0.2) is 0 Å². The molecule has 0 aliphatic rings. The smallest absolute Gasteiger partial charge is 0.465 e. The highest BCUT2D eigenvalue weighted by Crippen LogP contribution is 1.88. The van der Waals surface area contributed by atoms with E-state index in [2.05, 4.69) is 16.2 Å². The maximum Gasteiger partial charge on any atom is 0.525 e. The molecule has 0 unspecified atom stereocenters. The fourth-order valence-corrected chi connectivity index (χ4v) is 0.381. The molecule has 10 heavy (non-hydrogen) atoms. The lowest BCUT2D eigenvalue weighted by molar-refractivity contribution is -0.144. The van der Waals surface area contributed by atoms with Crippen molar-refractivity contribution in [1.29, 1.82) is 0 Å². The molecule has 0 bridgehead atoms. The van der Waals surface area contributed by atoms with E-state index in [1.807, 2.05) is 0 Å². The van der Waals surface area contributed by atoms with Gasteiger partial charge in [0, 0.05) is 4.85 Å². The summed E-state index contributed by atoms with van der Waals surface area (Å²) < 4.78 is 4.44. The minimum absolute atomic E-state index is 0.261. The van der Waals surface area contributed by atoms with E-state index in [4.69, 9.17) is 0 Å². The quantitative estimate of drug-likeness (QED) is 0.424. The Hall–Kier alpha value is -1.37. The number of esters is 1.